The minimum Gasteiger partial charge on any atom is -0.474 e. The van der Waals surface area contributed by atoms with E-state index in [0.29, 0.717) is 17.5 Å². The van der Waals surface area contributed by atoms with Crippen LogP contribution in [0.3, 0.4) is 0 Å². The average Bonchev–Trinajstić information content (AvgIpc) is 2.42. The second-order valence-electron chi connectivity index (χ2n) is 5.66. The van der Waals surface area contributed by atoms with Crippen molar-refractivity contribution in [2.24, 2.45) is 0 Å². The van der Waals surface area contributed by atoms with E-state index in [-0.39, 0.29) is 24.4 Å². The van der Waals surface area contributed by atoms with Crippen molar-refractivity contribution in [2.45, 2.75) is 38.3 Å². The number of ether oxygens (including phenoxy) is 1. The first kappa shape index (κ1) is 16.0. The van der Waals surface area contributed by atoms with Crippen LogP contribution in [0.2, 0.25) is 0 Å². The van der Waals surface area contributed by atoms with E-state index in [9.17, 15) is 4.79 Å². The van der Waals surface area contributed by atoms with Gasteiger partial charge in [-0.15, -0.1) is 12.4 Å². The van der Waals surface area contributed by atoms with E-state index < -0.39 is 0 Å². The van der Waals surface area contributed by atoms with E-state index >= 15 is 0 Å². The molecule has 1 saturated carbocycles. The highest BCUT2D eigenvalue weighted by molar-refractivity contribution is 5.94. The summed E-state index contributed by atoms with van der Waals surface area (Å²) in [6.07, 6.45) is 5.35. The SMILES string of the molecule is C[C@@H]1CN(C(=O)c2ccnc(OC3CCC3)c2)CCN1.Cl. The molecule has 0 spiro atoms. The summed E-state index contributed by atoms with van der Waals surface area (Å²) < 4.78 is 5.76. The summed E-state index contributed by atoms with van der Waals surface area (Å²) in [7, 11) is 0. The van der Waals surface area contributed by atoms with Gasteiger partial charge in [0.1, 0.15) is 6.10 Å². The van der Waals surface area contributed by atoms with E-state index in [4.69, 9.17) is 4.74 Å². The number of piperazine rings is 1. The van der Waals surface area contributed by atoms with Crippen molar-refractivity contribution in [3.63, 3.8) is 0 Å². The molecule has 2 aliphatic rings. The van der Waals surface area contributed by atoms with Gasteiger partial charge in [0.15, 0.2) is 0 Å². The van der Waals surface area contributed by atoms with Crippen LogP contribution in [0, 0.1) is 0 Å². The molecular formula is C15H22ClN3O2. The standard InChI is InChI=1S/C15H21N3O2.ClH/c1-11-10-18(8-7-16-11)15(19)12-5-6-17-14(9-12)20-13-3-2-4-13;/h5-6,9,11,13,16H,2-4,7-8,10H2,1H3;1H/t11-;/m1./s1. The maximum Gasteiger partial charge on any atom is 0.254 e. The molecule has 21 heavy (non-hydrogen) atoms. The topological polar surface area (TPSA) is 54.5 Å². The van der Waals surface area contributed by atoms with Crippen molar-refractivity contribution in [2.75, 3.05) is 19.6 Å². The molecule has 1 saturated heterocycles. The Morgan fingerprint density at radius 2 is 2.29 bits per heavy atom. The molecule has 1 aromatic rings. The molecule has 1 aliphatic heterocycles. The first-order chi connectivity index (χ1) is 9.72. The number of aromatic nitrogens is 1. The summed E-state index contributed by atoms with van der Waals surface area (Å²) in [5.74, 6) is 0.642. The molecule has 2 heterocycles. The number of carbonyl (C=O) groups excluding carboxylic acids is 1. The minimum atomic E-state index is 0. The Balaban J connectivity index is 0.00000161. The predicted octanol–water partition coefficient (Wildman–Crippen LogP) is 1.87. The molecule has 2 fully saturated rings. The van der Waals surface area contributed by atoms with Crippen LogP contribution in [0.4, 0.5) is 0 Å². The first-order valence-electron chi connectivity index (χ1n) is 7.38. The number of hydrogen-bond acceptors (Lipinski definition) is 4. The van der Waals surface area contributed by atoms with Crippen molar-refractivity contribution in [3.05, 3.63) is 23.9 Å². The molecule has 3 rings (SSSR count). The summed E-state index contributed by atoms with van der Waals surface area (Å²) in [4.78, 5) is 18.6. The number of hydrogen-bond donors (Lipinski definition) is 1. The van der Waals surface area contributed by atoms with E-state index in [2.05, 4.69) is 17.2 Å². The lowest BCUT2D eigenvalue weighted by Crippen LogP contribution is -2.51. The zero-order valence-electron chi connectivity index (χ0n) is 12.2. The third-order valence-corrected chi connectivity index (χ3v) is 3.98. The molecule has 116 valence electrons. The lowest BCUT2D eigenvalue weighted by atomic mass is 9.96. The summed E-state index contributed by atoms with van der Waals surface area (Å²) >= 11 is 0. The van der Waals surface area contributed by atoms with E-state index in [1.54, 1.807) is 18.3 Å². The molecule has 0 unspecified atom stereocenters. The monoisotopic (exact) mass is 311 g/mol. The van der Waals surface area contributed by atoms with Crippen molar-refractivity contribution >= 4 is 18.3 Å². The Morgan fingerprint density at radius 1 is 1.48 bits per heavy atom. The summed E-state index contributed by atoms with van der Waals surface area (Å²) in [6, 6.07) is 3.89. The van der Waals surface area contributed by atoms with Crippen LogP contribution in [0.25, 0.3) is 0 Å². The first-order valence-corrected chi connectivity index (χ1v) is 7.38. The third-order valence-electron chi connectivity index (χ3n) is 3.98. The average molecular weight is 312 g/mol. The van der Waals surface area contributed by atoms with Crippen molar-refractivity contribution in [3.8, 4) is 5.88 Å². The number of halogens is 1. The zero-order valence-corrected chi connectivity index (χ0v) is 13.1. The normalized spacial score (nSPS) is 22.1. The second-order valence-corrected chi connectivity index (χ2v) is 5.66. The summed E-state index contributed by atoms with van der Waals surface area (Å²) in [5.41, 5.74) is 0.670. The summed E-state index contributed by atoms with van der Waals surface area (Å²) in [5, 5.41) is 3.34. The Bertz CT molecular complexity index is 494. The molecule has 0 bridgehead atoms. The fourth-order valence-electron chi connectivity index (χ4n) is 2.57. The molecule has 1 aliphatic carbocycles. The number of pyridine rings is 1. The maximum absolute atomic E-state index is 12.5. The van der Waals surface area contributed by atoms with Crippen LogP contribution in [-0.4, -0.2) is 47.6 Å². The number of nitrogens with zero attached hydrogens (tertiary/aromatic N) is 2. The van der Waals surface area contributed by atoms with Crippen LogP contribution in [0.5, 0.6) is 5.88 Å². The molecule has 0 radical (unpaired) electrons. The minimum absolute atomic E-state index is 0. The zero-order chi connectivity index (χ0) is 13.9. The van der Waals surface area contributed by atoms with Gasteiger partial charge in [-0.3, -0.25) is 4.79 Å². The van der Waals surface area contributed by atoms with Gasteiger partial charge in [-0.2, -0.15) is 0 Å². The van der Waals surface area contributed by atoms with Gasteiger partial charge in [0.05, 0.1) is 0 Å². The number of carbonyl (C=O) groups is 1. The molecule has 1 aromatic heterocycles. The predicted molar refractivity (Wildman–Crippen MR) is 83.1 cm³/mol. The quantitative estimate of drug-likeness (QED) is 0.926. The van der Waals surface area contributed by atoms with Crippen molar-refractivity contribution < 1.29 is 9.53 Å². The highest BCUT2D eigenvalue weighted by atomic mass is 35.5. The maximum atomic E-state index is 12.5. The van der Waals surface area contributed by atoms with Gasteiger partial charge in [-0.1, -0.05) is 0 Å². The van der Waals surface area contributed by atoms with Crippen LogP contribution in [0.15, 0.2) is 18.3 Å². The van der Waals surface area contributed by atoms with Gasteiger partial charge < -0.3 is 15.0 Å². The fraction of sp³-hybridized carbons (Fsp3) is 0.600. The van der Waals surface area contributed by atoms with Crippen LogP contribution in [0.1, 0.15) is 36.5 Å². The molecule has 0 aromatic carbocycles. The van der Waals surface area contributed by atoms with Crippen molar-refractivity contribution in [1.29, 1.82) is 0 Å². The largest absolute Gasteiger partial charge is 0.474 e. The Morgan fingerprint density at radius 3 is 2.95 bits per heavy atom. The Labute approximate surface area is 131 Å². The van der Waals surface area contributed by atoms with Gasteiger partial charge in [0.2, 0.25) is 5.88 Å². The second kappa shape index (κ2) is 7.09. The molecule has 1 amide bonds. The van der Waals surface area contributed by atoms with E-state index in [1.165, 1.54) is 6.42 Å². The van der Waals surface area contributed by atoms with E-state index in [0.717, 1.165) is 32.5 Å². The van der Waals surface area contributed by atoms with Gasteiger partial charge in [-0.25, -0.2) is 4.98 Å². The van der Waals surface area contributed by atoms with E-state index in [1.807, 2.05) is 4.90 Å². The summed E-state index contributed by atoms with van der Waals surface area (Å²) in [6.45, 7) is 4.45. The number of rotatable bonds is 3. The van der Waals surface area contributed by atoms with Crippen LogP contribution in [-0.2, 0) is 0 Å². The molecular weight excluding hydrogens is 290 g/mol. The van der Waals surface area contributed by atoms with Gasteiger partial charge in [0, 0.05) is 43.5 Å². The van der Waals surface area contributed by atoms with Crippen LogP contribution >= 0.6 is 12.4 Å². The van der Waals surface area contributed by atoms with Gasteiger partial charge in [0.25, 0.3) is 5.91 Å². The number of nitrogens with one attached hydrogen (secondary N) is 1. The lowest BCUT2D eigenvalue weighted by molar-refractivity contribution is 0.0706. The lowest BCUT2D eigenvalue weighted by Gasteiger charge is -2.32. The highest BCUT2D eigenvalue weighted by Gasteiger charge is 2.23. The Kier molecular flexibility index (Phi) is 5.42. The third kappa shape index (κ3) is 3.86. The van der Waals surface area contributed by atoms with Gasteiger partial charge >= 0.3 is 0 Å². The molecule has 1 N–H and O–H groups in total. The number of amides is 1. The molecule has 1 atom stereocenters. The molecule has 5 nitrogen and oxygen atoms in total. The molecule has 6 heteroatoms. The smallest absolute Gasteiger partial charge is 0.254 e. The van der Waals surface area contributed by atoms with Crippen molar-refractivity contribution in [1.82, 2.24) is 15.2 Å². The highest BCUT2D eigenvalue weighted by Crippen LogP contribution is 2.24. The Hall–Kier alpha value is -1.33. The fourth-order valence-corrected chi connectivity index (χ4v) is 2.57. The van der Waals surface area contributed by atoms with Crippen LogP contribution < -0.4 is 10.1 Å². The van der Waals surface area contributed by atoms with Gasteiger partial charge in [-0.05, 0) is 32.3 Å².